The monoisotopic (exact) mass is 255 g/mol. The second kappa shape index (κ2) is 6.71. The maximum absolute atomic E-state index is 11.7. The number of amides is 1. The van der Waals surface area contributed by atoms with Gasteiger partial charge >= 0.3 is 0 Å². The highest BCUT2D eigenvalue weighted by Crippen LogP contribution is 2.24. The smallest absolute Gasteiger partial charge is 0.220 e. The maximum Gasteiger partial charge on any atom is 0.220 e. The third-order valence-corrected chi connectivity index (χ3v) is 3.82. The fourth-order valence-corrected chi connectivity index (χ4v) is 2.69. The zero-order chi connectivity index (χ0) is 12.8. The zero-order valence-corrected chi connectivity index (χ0v) is 11.6. The van der Waals surface area contributed by atoms with E-state index in [0.717, 1.165) is 28.4 Å². The van der Waals surface area contributed by atoms with Crippen LogP contribution in [0.3, 0.4) is 0 Å². The Kier molecular flexibility index (Phi) is 5.58. The molecule has 1 aromatic heterocycles. The summed E-state index contributed by atoms with van der Waals surface area (Å²) in [5.74, 6) is 0.0939. The summed E-state index contributed by atoms with van der Waals surface area (Å²) in [4.78, 5) is 17.2. The van der Waals surface area contributed by atoms with Crippen LogP contribution in [0, 0.1) is 13.8 Å². The van der Waals surface area contributed by atoms with Gasteiger partial charge in [0.2, 0.25) is 5.91 Å². The van der Waals surface area contributed by atoms with Crippen molar-refractivity contribution in [1.82, 2.24) is 10.3 Å². The maximum atomic E-state index is 11.7. The SMILES string of the molecule is Cc1nc(C)c(C(C)NC(=O)CCCCN)s1. The molecule has 1 atom stereocenters. The lowest BCUT2D eigenvalue weighted by Gasteiger charge is -2.12. The molecule has 1 heterocycles. The summed E-state index contributed by atoms with van der Waals surface area (Å²) in [6, 6.07) is 0.0478. The molecule has 0 saturated heterocycles. The lowest BCUT2D eigenvalue weighted by atomic mass is 10.2. The average Bonchev–Trinajstić information content (AvgIpc) is 2.58. The first kappa shape index (κ1) is 14.1. The van der Waals surface area contributed by atoms with Crippen LogP contribution in [0.25, 0.3) is 0 Å². The molecule has 3 N–H and O–H groups in total. The number of nitrogens with one attached hydrogen (secondary N) is 1. The van der Waals surface area contributed by atoms with Crippen molar-refractivity contribution >= 4 is 17.2 Å². The number of hydrogen-bond donors (Lipinski definition) is 2. The molecule has 0 fully saturated rings. The van der Waals surface area contributed by atoms with E-state index in [0.29, 0.717) is 13.0 Å². The number of nitrogens with zero attached hydrogens (tertiary/aromatic N) is 1. The first-order valence-corrected chi connectivity index (χ1v) is 6.79. The molecule has 1 unspecified atom stereocenters. The molecule has 96 valence electrons. The Morgan fingerprint density at radius 3 is 2.71 bits per heavy atom. The molecule has 0 aliphatic carbocycles. The quantitative estimate of drug-likeness (QED) is 0.765. The number of nitrogens with two attached hydrogens (primary N) is 1. The Bertz CT molecular complexity index is 376. The van der Waals surface area contributed by atoms with Gasteiger partial charge in [0.25, 0.3) is 0 Å². The van der Waals surface area contributed by atoms with E-state index < -0.39 is 0 Å². The van der Waals surface area contributed by atoms with Gasteiger partial charge in [0.05, 0.1) is 16.7 Å². The molecule has 1 amide bonds. The van der Waals surface area contributed by atoms with E-state index >= 15 is 0 Å². The number of aryl methyl sites for hydroxylation is 2. The second-order valence-corrected chi connectivity index (χ2v) is 5.45. The molecule has 0 radical (unpaired) electrons. The van der Waals surface area contributed by atoms with Crippen molar-refractivity contribution in [2.75, 3.05) is 6.54 Å². The third kappa shape index (κ3) is 4.44. The van der Waals surface area contributed by atoms with Gasteiger partial charge in [0.1, 0.15) is 0 Å². The molecule has 1 rings (SSSR count). The van der Waals surface area contributed by atoms with Gasteiger partial charge in [-0.1, -0.05) is 0 Å². The molecular weight excluding hydrogens is 234 g/mol. The molecule has 0 spiro atoms. The summed E-state index contributed by atoms with van der Waals surface area (Å²) in [5.41, 5.74) is 6.41. The van der Waals surface area contributed by atoms with Crippen molar-refractivity contribution < 1.29 is 4.79 Å². The highest BCUT2D eigenvalue weighted by atomic mass is 32.1. The van der Waals surface area contributed by atoms with Crippen LogP contribution in [0.4, 0.5) is 0 Å². The minimum atomic E-state index is 0.0478. The standard InChI is InChI=1S/C12H21N3OS/c1-8-12(17-10(3)14-8)9(2)15-11(16)6-4-5-7-13/h9H,4-7,13H2,1-3H3,(H,15,16). The van der Waals surface area contributed by atoms with E-state index in [4.69, 9.17) is 5.73 Å². The normalized spacial score (nSPS) is 12.5. The molecule has 0 bridgehead atoms. The van der Waals surface area contributed by atoms with Crippen LogP contribution in [0.1, 0.15) is 47.8 Å². The summed E-state index contributed by atoms with van der Waals surface area (Å²) in [7, 11) is 0. The number of carbonyl (C=O) groups excluding carboxylic acids is 1. The van der Waals surface area contributed by atoms with Crippen LogP contribution >= 0.6 is 11.3 Å². The number of aromatic nitrogens is 1. The zero-order valence-electron chi connectivity index (χ0n) is 10.7. The highest BCUT2D eigenvalue weighted by Gasteiger charge is 2.14. The van der Waals surface area contributed by atoms with Crippen LogP contribution < -0.4 is 11.1 Å². The lowest BCUT2D eigenvalue weighted by Crippen LogP contribution is -2.26. The summed E-state index contributed by atoms with van der Waals surface area (Å²) < 4.78 is 0. The van der Waals surface area contributed by atoms with Crippen LogP contribution in [0.5, 0.6) is 0 Å². The molecule has 0 aliphatic heterocycles. The van der Waals surface area contributed by atoms with Gasteiger partial charge < -0.3 is 11.1 Å². The van der Waals surface area contributed by atoms with Gasteiger partial charge in [-0.05, 0) is 40.2 Å². The van der Waals surface area contributed by atoms with Crippen molar-refractivity contribution in [1.29, 1.82) is 0 Å². The van der Waals surface area contributed by atoms with Crippen molar-refractivity contribution in [3.05, 3.63) is 15.6 Å². The van der Waals surface area contributed by atoms with Crippen LogP contribution in [-0.2, 0) is 4.79 Å². The Hall–Kier alpha value is -0.940. The van der Waals surface area contributed by atoms with Crippen molar-refractivity contribution in [2.24, 2.45) is 5.73 Å². The minimum Gasteiger partial charge on any atom is -0.349 e. The van der Waals surface area contributed by atoms with Crippen molar-refractivity contribution in [3.63, 3.8) is 0 Å². The van der Waals surface area contributed by atoms with Crippen LogP contribution in [-0.4, -0.2) is 17.4 Å². The van der Waals surface area contributed by atoms with Crippen molar-refractivity contribution in [2.45, 2.75) is 46.1 Å². The number of unbranched alkanes of at least 4 members (excludes halogenated alkanes) is 1. The number of carbonyl (C=O) groups is 1. The van der Waals surface area contributed by atoms with E-state index in [1.165, 1.54) is 0 Å². The van der Waals surface area contributed by atoms with Crippen LogP contribution in [0.2, 0.25) is 0 Å². The van der Waals surface area contributed by atoms with E-state index in [1.54, 1.807) is 11.3 Å². The molecule has 5 heteroatoms. The fourth-order valence-electron chi connectivity index (χ4n) is 1.76. The third-order valence-electron chi connectivity index (χ3n) is 2.57. The van der Waals surface area contributed by atoms with Gasteiger partial charge in [-0.15, -0.1) is 11.3 Å². The molecule has 0 saturated carbocycles. The van der Waals surface area contributed by atoms with E-state index in [-0.39, 0.29) is 11.9 Å². The van der Waals surface area contributed by atoms with Crippen molar-refractivity contribution in [3.8, 4) is 0 Å². The second-order valence-electron chi connectivity index (χ2n) is 4.22. The van der Waals surface area contributed by atoms with Gasteiger partial charge in [-0.2, -0.15) is 0 Å². The topological polar surface area (TPSA) is 68.0 Å². The lowest BCUT2D eigenvalue weighted by molar-refractivity contribution is -0.121. The number of rotatable bonds is 6. The Morgan fingerprint density at radius 2 is 2.18 bits per heavy atom. The van der Waals surface area contributed by atoms with Gasteiger partial charge in [-0.25, -0.2) is 4.98 Å². The predicted molar refractivity (Wildman–Crippen MR) is 71.1 cm³/mol. The largest absolute Gasteiger partial charge is 0.349 e. The summed E-state index contributed by atoms with van der Waals surface area (Å²) in [6.45, 7) is 6.61. The first-order valence-electron chi connectivity index (χ1n) is 5.98. The molecule has 17 heavy (non-hydrogen) atoms. The molecule has 0 aromatic carbocycles. The number of hydrogen-bond acceptors (Lipinski definition) is 4. The molecule has 1 aromatic rings. The first-order chi connectivity index (χ1) is 8.04. The highest BCUT2D eigenvalue weighted by molar-refractivity contribution is 7.11. The average molecular weight is 255 g/mol. The Balaban J connectivity index is 2.46. The summed E-state index contributed by atoms with van der Waals surface area (Å²) >= 11 is 1.65. The van der Waals surface area contributed by atoms with Gasteiger partial charge in [0.15, 0.2) is 0 Å². The number of thiazole rings is 1. The molecule has 0 aliphatic rings. The van der Waals surface area contributed by atoms with Crippen LogP contribution in [0.15, 0.2) is 0 Å². The van der Waals surface area contributed by atoms with Gasteiger partial charge in [-0.3, -0.25) is 4.79 Å². The fraction of sp³-hybridized carbons (Fsp3) is 0.667. The summed E-state index contributed by atoms with van der Waals surface area (Å²) in [5, 5.41) is 4.04. The predicted octanol–water partition coefficient (Wildman–Crippen LogP) is 2.07. The van der Waals surface area contributed by atoms with E-state index in [2.05, 4.69) is 10.3 Å². The van der Waals surface area contributed by atoms with E-state index in [1.807, 2.05) is 20.8 Å². The van der Waals surface area contributed by atoms with Gasteiger partial charge in [0, 0.05) is 11.3 Å². The molecular formula is C12H21N3OS. The Morgan fingerprint density at radius 1 is 1.47 bits per heavy atom. The Labute approximate surface area is 107 Å². The molecule has 4 nitrogen and oxygen atoms in total. The summed E-state index contributed by atoms with van der Waals surface area (Å²) in [6.07, 6.45) is 2.31. The van der Waals surface area contributed by atoms with E-state index in [9.17, 15) is 4.79 Å². The minimum absolute atomic E-state index is 0.0478.